The van der Waals surface area contributed by atoms with Crippen molar-refractivity contribution in [2.24, 2.45) is 0 Å². The maximum atomic E-state index is 13.3. The zero-order valence-corrected chi connectivity index (χ0v) is 22.1. The van der Waals surface area contributed by atoms with E-state index in [1.165, 1.54) is 6.08 Å². The molecule has 0 radical (unpaired) electrons. The van der Waals surface area contributed by atoms with Gasteiger partial charge in [-0.05, 0) is 54.9 Å². The minimum absolute atomic E-state index is 0.209. The van der Waals surface area contributed by atoms with Crippen LogP contribution < -0.4 is 35.4 Å². The molecule has 6 nitrogen and oxygen atoms in total. The molecule has 0 unspecified atom stereocenters. The highest BCUT2D eigenvalue weighted by Gasteiger charge is 2.27. The number of methoxy groups -OCH3 is 3. The molecular weight excluding hydrogens is 497 g/mol. The topological polar surface area (TPSA) is 73.9 Å². The highest BCUT2D eigenvalue weighted by atomic mass is 31.1. The van der Waals surface area contributed by atoms with Gasteiger partial charge in [-0.2, -0.15) is 0 Å². The summed E-state index contributed by atoms with van der Waals surface area (Å²) < 4.78 is 16.3. The van der Waals surface area contributed by atoms with Gasteiger partial charge in [-0.3, -0.25) is 9.59 Å². The van der Waals surface area contributed by atoms with Crippen LogP contribution in [-0.2, 0) is 0 Å². The molecule has 0 saturated carbocycles. The summed E-state index contributed by atoms with van der Waals surface area (Å²) in [5.41, 5.74) is 1.71. The predicted molar refractivity (Wildman–Crippen MR) is 152 cm³/mol. The Labute approximate surface area is 222 Å². The van der Waals surface area contributed by atoms with E-state index in [1.807, 2.05) is 66.7 Å². The van der Waals surface area contributed by atoms with E-state index < -0.39 is 7.92 Å². The third kappa shape index (κ3) is 4.91. The monoisotopic (exact) mass is 523 g/mol. The molecule has 0 aromatic heterocycles. The standard InChI is InChI=1S/C31H26NO5P/c1-35-20-8-13-23(14-9-20)38(24-15-10-21(36-2)11-16-24)30-17-12-22(37-3)18-27(30)32-28-19-29(33)25-6-4-5-7-26(25)31(28)34/h4-19,32H,1-3H3. The van der Waals surface area contributed by atoms with Gasteiger partial charge >= 0.3 is 0 Å². The molecule has 1 aliphatic carbocycles. The molecule has 38 heavy (non-hydrogen) atoms. The fraction of sp³-hybridized carbons (Fsp3) is 0.0968. The van der Waals surface area contributed by atoms with Gasteiger partial charge in [-0.25, -0.2) is 0 Å². The number of carbonyl (C=O) groups excluding carboxylic acids is 2. The van der Waals surface area contributed by atoms with Crippen LogP contribution in [0.15, 0.2) is 103 Å². The van der Waals surface area contributed by atoms with E-state index >= 15 is 0 Å². The lowest BCUT2D eigenvalue weighted by Gasteiger charge is -2.25. The van der Waals surface area contributed by atoms with Crippen LogP contribution in [0.5, 0.6) is 17.2 Å². The Morgan fingerprint density at radius 2 is 1.16 bits per heavy atom. The summed E-state index contributed by atoms with van der Waals surface area (Å²) in [5.74, 6) is 1.72. The second-order valence-corrected chi connectivity index (χ2v) is 10.7. The van der Waals surface area contributed by atoms with Crippen molar-refractivity contribution in [1.82, 2.24) is 0 Å². The Kier molecular flexibility index (Phi) is 7.25. The Morgan fingerprint density at radius 3 is 1.71 bits per heavy atom. The second kappa shape index (κ2) is 10.9. The average molecular weight is 524 g/mol. The molecule has 190 valence electrons. The minimum Gasteiger partial charge on any atom is -0.497 e. The molecule has 4 aromatic carbocycles. The van der Waals surface area contributed by atoms with Crippen molar-refractivity contribution in [3.63, 3.8) is 0 Å². The molecule has 4 aromatic rings. The number of ether oxygens (including phenoxy) is 3. The quantitative estimate of drug-likeness (QED) is 0.333. The number of rotatable bonds is 8. The first-order valence-corrected chi connectivity index (χ1v) is 13.3. The molecule has 0 amide bonds. The Bertz CT molecular complexity index is 1480. The summed E-state index contributed by atoms with van der Waals surface area (Å²) in [6, 6.07) is 28.6. The van der Waals surface area contributed by atoms with Crippen molar-refractivity contribution in [2.45, 2.75) is 0 Å². The number of ketones is 2. The van der Waals surface area contributed by atoms with Crippen LogP contribution in [0.2, 0.25) is 0 Å². The number of carbonyl (C=O) groups is 2. The molecular formula is C31H26NO5P. The zero-order chi connectivity index (χ0) is 26.6. The van der Waals surface area contributed by atoms with Crippen molar-refractivity contribution < 1.29 is 23.8 Å². The Balaban J connectivity index is 1.63. The van der Waals surface area contributed by atoms with Crippen molar-refractivity contribution in [3.8, 4) is 17.2 Å². The first kappa shape index (κ1) is 25.2. The first-order valence-electron chi connectivity index (χ1n) is 12.0. The molecule has 7 heteroatoms. The predicted octanol–water partition coefficient (Wildman–Crippen LogP) is 4.85. The summed E-state index contributed by atoms with van der Waals surface area (Å²) >= 11 is 0. The number of anilines is 1. The van der Waals surface area contributed by atoms with E-state index in [1.54, 1.807) is 45.6 Å². The molecule has 0 fully saturated rings. The molecule has 0 aliphatic heterocycles. The fourth-order valence-corrected chi connectivity index (χ4v) is 6.71. The van der Waals surface area contributed by atoms with E-state index in [0.717, 1.165) is 27.4 Å². The zero-order valence-electron chi connectivity index (χ0n) is 21.2. The van der Waals surface area contributed by atoms with Crippen molar-refractivity contribution >= 4 is 41.1 Å². The smallest absolute Gasteiger partial charge is 0.210 e. The van der Waals surface area contributed by atoms with Crippen LogP contribution >= 0.6 is 7.92 Å². The van der Waals surface area contributed by atoms with Gasteiger partial charge in [-0.1, -0.05) is 48.5 Å². The van der Waals surface area contributed by atoms with E-state index in [9.17, 15) is 9.59 Å². The van der Waals surface area contributed by atoms with Gasteiger partial charge in [0.25, 0.3) is 0 Å². The van der Waals surface area contributed by atoms with Crippen molar-refractivity contribution in [3.05, 3.63) is 114 Å². The van der Waals surface area contributed by atoms with E-state index in [4.69, 9.17) is 14.2 Å². The summed E-state index contributed by atoms with van der Waals surface area (Å²) in [6.07, 6.45) is 1.37. The Morgan fingerprint density at radius 1 is 0.632 bits per heavy atom. The number of nitrogens with one attached hydrogen (secondary N) is 1. The highest BCUT2D eigenvalue weighted by molar-refractivity contribution is 7.80. The molecule has 0 atom stereocenters. The van der Waals surface area contributed by atoms with E-state index in [-0.39, 0.29) is 17.3 Å². The maximum Gasteiger partial charge on any atom is 0.210 e. The lowest BCUT2D eigenvalue weighted by molar-refractivity contribution is 0.0985. The van der Waals surface area contributed by atoms with Gasteiger partial charge in [0.15, 0.2) is 5.78 Å². The van der Waals surface area contributed by atoms with Gasteiger partial charge in [0.1, 0.15) is 17.2 Å². The summed E-state index contributed by atoms with van der Waals surface area (Å²) in [4.78, 5) is 26.2. The largest absolute Gasteiger partial charge is 0.497 e. The number of benzene rings is 4. The fourth-order valence-electron chi connectivity index (χ4n) is 4.38. The summed E-state index contributed by atoms with van der Waals surface area (Å²) in [6.45, 7) is 0. The number of Topliss-reactive ketones (excluding diaryl/α,β-unsaturated/α-hetero) is 1. The van der Waals surface area contributed by atoms with Crippen LogP contribution in [0.4, 0.5) is 5.69 Å². The minimum atomic E-state index is -1.08. The molecule has 0 heterocycles. The molecule has 0 saturated heterocycles. The van der Waals surface area contributed by atoms with Gasteiger partial charge in [0, 0.05) is 28.6 Å². The van der Waals surface area contributed by atoms with Crippen LogP contribution in [0.1, 0.15) is 20.7 Å². The first-order chi connectivity index (χ1) is 18.5. The van der Waals surface area contributed by atoms with Gasteiger partial charge in [-0.15, -0.1) is 0 Å². The second-order valence-electron chi connectivity index (χ2n) is 8.54. The van der Waals surface area contributed by atoms with Crippen LogP contribution in [0.3, 0.4) is 0 Å². The van der Waals surface area contributed by atoms with Crippen molar-refractivity contribution in [1.29, 1.82) is 0 Å². The summed E-state index contributed by atoms with van der Waals surface area (Å²) in [7, 11) is 3.80. The third-order valence-corrected chi connectivity index (χ3v) is 8.83. The average Bonchev–Trinajstić information content (AvgIpc) is 2.97. The third-order valence-electron chi connectivity index (χ3n) is 6.33. The molecule has 5 rings (SSSR count). The van der Waals surface area contributed by atoms with E-state index in [0.29, 0.717) is 22.6 Å². The summed E-state index contributed by atoms with van der Waals surface area (Å²) in [5, 5.41) is 6.43. The normalized spacial score (nSPS) is 12.6. The highest BCUT2D eigenvalue weighted by Crippen LogP contribution is 2.38. The van der Waals surface area contributed by atoms with Crippen LogP contribution in [0, 0.1) is 0 Å². The lowest BCUT2D eigenvalue weighted by atomic mass is 9.92. The van der Waals surface area contributed by atoms with Crippen LogP contribution in [0.25, 0.3) is 0 Å². The maximum absolute atomic E-state index is 13.3. The molecule has 0 spiro atoms. The molecule has 0 bridgehead atoms. The van der Waals surface area contributed by atoms with Gasteiger partial charge < -0.3 is 19.5 Å². The van der Waals surface area contributed by atoms with Gasteiger partial charge in [0.2, 0.25) is 5.78 Å². The van der Waals surface area contributed by atoms with Gasteiger partial charge in [0.05, 0.1) is 32.7 Å². The molecule has 1 N–H and O–H groups in total. The van der Waals surface area contributed by atoms with Crippen LogP contribution in [-0.4, -0.2) is 32.9 Å². The number of hydrogen-bond donors (Lipinski definition) is 1. The van der Waals surface area contributed by atoms with Crippen molar-refractivity contribution in [2.75, 3.05) is 26.6 Å². The van der Waals surface area contributed by atoms with E-state index in [2.05, 4.69) is 5.32 Å². The SMILES string of the molecule is COc1ccc(P(c2ccc(OC)cc2)c2ccc(OC)cc2NC2=CC(=O)c3ccccc3C2=O)cc1. The Hall–Kier alpha value is -4.41. The number of fused-ring (bicyclic) bond motifs is 1. The molecule has 1 aliphatic rings. The lowest BCUT2D eigenvalue weighted by Crippen LogP contribution is -2.26. The number of hydrogen-bond acceptors (Lipinski definition) is 6. The number of allylic oxidation sites excluding steroid dienone is 2.